The van der Waals surface area contributed by atoms with Gasteiger partial charge in [0.25, 0.3) is 5.91 Å². The van der Waals surface area contributed by atoms with Gasteiger partial charge in [-0.3, -0.25) is 29.2 Å². The number of phenols is 1. The van der Waals surface area contributed by atoms with Gasteiger partial charge in [0.2, 0.25) is 11.8 Å². The number of aromatic hydroxyl groups is 1. The SMILES string of the molecule is C=C[C@@H](C)[C@@H](C(=O)N[C@H]1Cc2cc(O)cc(c2)-c2ccc3c(c2)c(c(-c2cc(N4CCN(C)CC4)cnc2[C@H](C)OC)n3CC)CC(C)(C)COC(=O)[C@@H]2CCCN(N2)C1=O)N(C)C(=O)[C@@H]1CN(C(=O)OC)C[C@@H]1c1ccccc1. The first-order chi connectivity index (χ1) is 38.3. The molecule has 0 radical (unpaired) electrons. The molecule has 7 atom stereocenters. The number of likely N-dealkylation sites (tertiary alicyclic amines) is 1. The molecule has 3 N–H and O–H groups in total. The van der Waals surface area contributed by atoms with Gasteiger partial charge < -0.3 is 48.8 Å². The van der Waals surface area contributed by atoms with Gasteiger partial charge in [0.1, 0.15) is 23.9 Å². The third-order valence-electron chi connectivity index (χ3n) is 16.8. The number of nitrogens with zero attached hydrogens (tertiary/aromatic N) is 7. The minimum atomic E-state index is -1.24. The molecule has 4 aliphatic heterocycles. The highest BCUT2D eigenvalue weighted by Crippen LogP contribution is 2.44. The Kier molecular flexibility index (Phi) is 17.4. The van der Waals surface area contributed by atoms with Gasteiger partial charge in [-0.15, -0.1) is 6.58 Å². The number of aromatic nitrogens is 2. The Labute approximate surface area is 470 Å². The van der Waals surface area contributed by atoms with Crippen LogP contribution in [0.5, 0.6) is 5.75 Å². The average Bonchev–Trinajstić information content (AvgIpc) is 4.17. The predicted molar refractivity (Wildman–Crippen MR) is 308 cm³/mol. The largest absolute Gasteiger partial charge is 0.508 e. The van der Waals surface area contributed by atoms with Crippen LogP contribution in [-0.2, 0) is 52.8 Å². The van der Waals surface area contributed by atoms with Crippen LogP contribution in [0.1, 0.15) is 81.9 Å². The Morgan fingerprint density at radius 2 is 1.74 bits per heavy atom. The molecular weight excluding hydrogens is 1010 g/mol. The maximum absolute atomic E-state index is 15.1. The highest BCUT2D eigenvalue weighted by Gasteiger charge is 2.45. The van der Waals surface area contributed by atoms with E-state index in [0.717, 1.165) is 76.4 Å². The number of benzene rings is 3. The number of esters is 1. The number of hydrazine groups is 1. The molecule has 0 saturated carbocycles. The summed E-state index contributed by atoms with van der Waals surface area (Å²) in [7, 11) is 6.70. The summed E-state index contributed by atoms with van der Waals surface area (Å²) in [5.41, 5.74) is 11.4. The fourth-order valence-corrected chi connectivity index (χ4v) is 12.3. The van der Waals surface area contributed by atoms with E-state index >= 15 is 9.59 Å². The number of ether oxygens (including phenoxy) is 3. The smallest absolute Gasteiger partial charge is 0.409 e. The van der Waals surface area contributed by atoms with E-state index in [2.05, 4.69) is 77.7 Å². The Morgan fingerprint density at radius 3 is 2.44 bits per heavy atom. The number of hydrogen-bond acceptors (Lipinski definition) is 13. The number of methoxy groups -OCH3 is 2. The number of fused-ring (bicyclic) bond motifs is 6. The number of carbonyl (C=O) groups is 5. The molecule has 426 valence electrons. The van der Waals surface area contributed by atoms with Crippen LogP contribution >= 0.6 is 0 Å². The summed E-state index contributed by atoms with van der Waals surface area (Å²) < 4.78 is 19.6. The Balaban J connectivity index is 1.12. The number of aryl methyl sites for hydroxylation is 1. The van der Waals surface area contributed by atoms with E-state index in [0.29, 0.717) is 36.9 Å². The highest BCUT2D eigenvalue weighted by atomic mass is 16.5. The molecule has 18 heteroatoms. The fraction of sp³-hybridized carbons (Fsp3) is 0.484. The van der Waals surface area contributed by atoms with E-state index in [9.17, 15) is 19.5 Å². The van der Waals surface area contributed by atoms with Crippen molar-refractivity contribution in [1.29, 1.82) is 0 Å². The lowest BCUT2D eigenvalue weighted by Crippen LogP contribution is -2.62. The summed E-state index contributed by atoms with van der Waals surface area (Å²) in [6.45, 7) is 19.0. The number of pyridine rings is 1. The molecule has 80 heavy (non-hydrogen) atoms. The minimum Gasteiger partial charge on any atom is -0.508 e. The zero-order valence-electron chi connectivity index (χ0n) is 47.9. The third kappa shape index (κ3) is 11.9. The first-order valence-corrected chi connectivity index (χ1v) is 28.1. The van der Waals surface area contributed by atoms with Gasteiger partial charge in [-0.05, 0) is 98.3 Å². The number of amides is 4. The summed E-state index contributed by atoms with van der Waals surface area (Å²) in [6.07, 6.45) is 4.01. The standard InChI is InChI=1S/C62H79N9O9/c1-11-38(3)55(67(8)58(74)50-36-69(61(77)79-10)35-49(50)41-17-14-13-15-18-41)57(73)64-52-29-40-27-43(30-45(72)28-40)42-20-21-53-46(31-42)48(33-62(5,6)37-80-60(76)51-19-16-22-71(65-51)59(52)75)56(70(53)12-2)47-32-44(34-63-54(47)39(4)78-9)68-25-23-66(7)24-26-68/h11,13-15,17-18,20-21,27-28,30-32,34,38-39,49-52,55,65,72H,1,12,16,19,22-26,29,33,35-37H2,2-10H3,(H,64,73)/t38-,39+,49-,50-,51+,52+,55+/m1/s1. The molecule has 3 aromatic carbocycles. The van der Waals surface area contributed by atoms with Gasteiger partial charge in [-0.25, -0.2) is 10.2 Å². The number of cyclic esters (lactones) is 1. The van der Waals surface area contributed by atoms with Gasteiger partial charge in [0, 0.05) is 107 Å². The second kappa shape index (κ2) is 24.2. The quantitative estimate of drug-likeness (QED) is 0.0832. The van der Waals surface area contributed by atoms with Crippen molar-refractivity contribution in [1.82, 2.24) is 40.0 Å². The minimum absolute atomic E-state index is 0.0318. The second-order valence-electron chi connectivity index (χ2n) is 23.0. The van der Waals surface area contributed by atoms with Crippen LogP contribution in [-0.4, -0.2) is 163 Å². The van der Waals surface area contributed by atoms with Crippen molar-refractivity contribution >= 4 is 46.4 Å². The lowest BCUT2D eigenvalue weighted by atomic mass is 9.84. The molecule has 4 amide bonds. The number of carbonyl (C=O) groups excluding carboxylic acids is 5. The van der Waals surface area contributed by atoms with Crippen molar-refractivity contribution in [3.63, 3.8) is 0 Å². The normalized spacial score (nSPS) is 22.0. The van der Waals surface area contributed by atoms with Crippen LogP contribution in [0.2, 0.25) is 0 Å². The summed E-state index contributed by atoms with van der Waals surface area (Å²) >= 11 is 0. The Morgan fingerprint density at radius 1 is 0.988 bits per heavy atom. The summed E-state index contributed by atoms with van der Waals surface area (Å²) in [5.74, 6) is -3.70. The van der Waals surface area contributed by atoms with E-state index in [1.54, 1.807) is 39.3 Å². The van der Waals surface area contributed by atoms with Crippen LogP contribution in [0, 0.1) is 17.3 Å². The molecule has 18 nitrogen and oxygen atoms in total. The summed E-state index contributed by atoms with van der Waals surface area (Å²) in [4.78, 5) is 84.9. The second-order valence-corrected chi connectivity index (χ2v) is 23.0. The predicted octanol–water partition coefficient (Wildman–Crippen LogP) is 7.33. The molecule has 6 heterocycles. The van der Waals surface area contributed by atoms with E-state index in [1.807, 2.05) is 55.6 Å². The topological polar surface area (TPSA) is 191 Å². The van der Waals surface area contributed by atoms with E-state index in [1.165, 1.54) is 21.9 Å². The summed E-state index contributed by atoms with van der Waals surface area (Å²) in [6, 6.07) is 20.0. The number of anilines is 1. The lowest BCUT2D eigenvalue weighted by molar-refractivity contribution is -0.155. The molecule has 2 aromatic heterocycles. The van der Waals surface area contributed by atoms with Crippen LogP contribution in [0.25, 0.3) is 33.3 Å². The number of piperazine rings is 1. The van der Waals surface area contributed by atoms with Crippen molar-refractivity contribution in [3.05, 3.63) is 114 Å². The number of rotatable bonds is 12. The zero-order valence-corrected chi connectivity index (χ0v) is 47.9. The van der Waals surface area contributed by atoms with E-state index in [-0.39, 0.29) is 56.3 Å². The monoisotopic (exact) mass is 1090 g/mol. The van der Waals surface area contributed by atoms with Crippen molar-refractivity contribution in [2.24, 2.45) is 17.3 Å². The number of nitrogens with one attached hydrogen (secondary N) is 2. The van der Waals surface area contributed by atoms with Crippen LogP contribution in [0.3, 0.4) is 0 Å². The maximum atomic E-state index is 15.1. The van der Waals surface area contributed by atoms with E-state index < -0.39 is 59.3 Å². The number of hydrogen-bond donors (Lipinski definition) is 3. The molecule has 4 aliphatic rings. The molecule has 6 bridgehead atoms. The van der Waals surface area contributed by atoms with Crippen molar-refractivity contribution < 1.29 is 43.3 Å². The average molecular weight is 1090 g/mol. The van der Waals surface area contributed by atoms with Gasteiger partial charge in [-0.1, -0.05) is 69.3 Å². The Bertz CT molecular complexity index is 3120. The molecular formula is C62H79N9O9. The molecule has 0 unspecified atom stereocenters. The highest BCUT2D eigenvalue weighted by molar-refractivity contribution is 5.96. The molecule has 0 spiro atoms. The van der Waals surface area contributed by atoms with Crippen molar-refractivity contribution in [3.8, 4) is 28.1 Å². The van der Waals surface area contributed by atoms with Crippen LogP contribution in [0.4, 0.5) is 10.5 Å². The number of likely N-dealkylation sites (N-methyl/N-ethyl adjacent to an activating group) is 2. The van der Waals surface area contributed by atoms with E-state index in [4.69, 9.17) is 19.2 Å². The van der Waals surface area contributed by atoms with Gasteiger partial charge >= 0.3 is 12.1 Å². The number of phenolic OH excluding ortho intramolecular Hbond substituents is 1. The fourth-order valence-electron chi connectivity index (χ4n) is 12.3. The van der Waals surface area contributed by atoms with Crippen LogP contribution < -0.4 is 15.6 Å². The zero-order chi connectivity index (χ0) is 57.2. The molecule has 5 aromatic rings. The summed E-state index contributed by atoms with van der Waals surface area (Å²) in [5, 5.41) is 17.0. The van der Waals surface area contributed by atoms with Crippen LogP contribution in [0.15, 0.2) is 91.6 Å². The molecule has 3 fully saturated rings. The molecule has 9 rings (SSSR count). The van der Waals surface area contributed by atoms with Gasteiger partial charge in [0.15, 0.2) is 0 Å². The molecule has 0 aliphatic carbocycles. The van der Waals surface area contributed by atoms with Gasteiger partial charge in [-0.2, -0.15) is 0 Å². The third-order valence-corrected chi connectivity index (χ3v) is 16.8. The lowest BCUT2D eigenvalue weighted by Gasteiger charge is -2.37. The van der Waals surface area contributed by atoms with Crippen molar-refractivity contribution in [2.45, 2.75) is 97.0 Å². The Hall–Kier alpha value is -7.28. The maximum Gasteiger partial charge on any atom is 0.409 e. The van der Waals surface area contributed by atoms with Crippen molar-refractivity contribution in [2.75, 3.05) is 85.6 Å². The first-order valence-electron chi connectivity index (χ1n) is 28.1. The van der Waals surface area contributed by atoms with Gasteiger partial charge in [0.05, 0.1) is 49.0 Å². The first kappa shape index (κ1) is 57.4. The molecule has 3 saturated heterocycles.